The molecule has 3 amide bonds. The number of ether oxygens (including phenoxy) is 1. The van der Waals surface area contributed by atoms with Crippen LogP contribution in [0.25, 0.3) is 0 Å². The minimum absolute atomic E-state index is 0.0341. The van der Waals surface area contributed by atoms with Gasteiger partial charge in [-0.2, -0.15) is 0 Å². The van der Waals surface area contributed by atoms with Crippen LogP contribution in [0, 0.1) is 5.92 Å². The van der Waals surface area contributed by atoms with Gasteiger partial charge >= 0.3 is 6.03 Å². The summed E-state index contributed by atoms with van der Waals surface area (Å²) in [5.74, 6) is 0.00890. The Labute approximate surface area is 235 Å². The molecule has 0 unspecified atom stereocenters. The Hall–Kier alpha value is -3.02. The van der Waals surface area contributed by atoms with E-state index in [0.717, 1.165) is 0 Å². The van der Waals surface area contributed by atoms with Crippen molar-refractivity contribution in [3.8, 4) is 5.75 Å². The smallest absolute Gasteiger partial charge is 0.317 e. The number of aliphatic hydroxyl groups excluding tert-OH is 1. The van der Waals surface area contributed by atoms with Crippen LogP contribution in [-0.2, 0) is 21.2 Å². The number of benzene rings is 2. The molecule has 214 valence electrons. The number of amides is 3. The number of hydrogen-bond donors (Lipinski definition) is 3. The number of rotatable bonds is 8. The number of nitrogens with one attached hydrogen (secondary N) is 2. The number of urea groups is 1. The molecule has 0 fully saturated rings. The quantitative estimate of drug-likeness (QED) is 0.439. The van der Waals surface area contributed by atoms with Crippen molar-refractivity contribution in [1.29, 1.82) is 0 Å². The number of aliphatic hydroxyl groups is 1. The predicted octanol–water partition coefficient (Wildman–Crippen LogP) is 3.34. The van der Waals surface area contributed by atoms with Crippen LogP contribution in [0.5, 0.6) is 5.75 Å². The summed E-state index contributed by atoms with van der Waals surface area (Å²) in [7, 11) is -2.23. The summed E-state index contributed by atoms with van der Waals surface area (Å²) in [6.45, 7) is 7.79. The van der Waals surface area contributed by atoms with Crippen LogP contribution in [0.15, 0.2) is 47.4 Å². The molecule has 1 aliphatic heterocycles. The minimum Gasteiger partial charge on any atom is -0.488 e. The second kappa shape index (κ2) is 12.9. The largest absolute Gasteiger partial charge is 0.488 e. The van der Waals surface area contributed by atoms with Gasteiger partial charge in [-0.25, -0.2) is 13.2 Å². The fourth-order valence-electron chi connectivity index (χ4n) is 4.25. The van der Waals surface area contributed by atoms with Crippen molar-refractivity contribution < 1.29 is 27.9 Å². The van der Waals surface area contributed by atoms with E-state index in [2.05, 4.69) is 10.0 Å². The van der Waals surface area contributed by atoms with Crippen molar-refractivity contribution >= 4 is 39.2 Å². The Bertz CT molecular complexity index is 1270. The molecule has 12 heteroatoms. The number of carbonyl (C=O) groups excluding carboxylic acids is 2. The van der Waals surface area contributed by atoms with Gasteiger partial charge < -0.3 is 25.0 Å². The molecule has 10 nitrogen and oxygen atoms in total. The molecule has 0 saturated carbocycles. The van der Waals surface area contributed by atoms with Crippen molar-refractivity contribution in [2.24, 2.45) is 5.92 Å². The van der Waals surface area contributed by atoms with Crippen LogP contribution < -0.4 is 14.8 Å². The molecule has 3 rings (SSSR count). The maximum absolute atomic E-state index is 13.4. The average Bonchev–Trinajstić information content (AvgIpc) is 2.91. The van der Waals surface area contributed by atoms with E-state index >= 15 is 0 Å². The Balaban J connectivity index is 1.95. The van der Waals surface area contributed by atoms with Crippen LogP contribution in [0.3, 0.4) is 0 Å². The van der Waals surface area contributed by atoms with E-state index < -0.39 is 22.2 Å². The Kier molecular flexibility index (Phi) is 10.1. The molecule has 1 heterocycles. The first kappa shape index (κ1) is 30.5. The fraction of sp³-hybridized carbons (Fsp3) is 0.481. The molecule has 1 aliphatic rings. The zero-order valence-electron chi connectivity index (χ0n) is 22.8. The van der Waals surface area contributed by atoms with Gasteiger partial charge in [-0.05, 0) is 63.2 Å². The Morgan fingerprint density at radius 3 is 2.49 bits per heavy atom. The van der Waals surface area contributed by atoms with Crippen molar-refractivity contribution in [2.45, 2.75) is 57.2 Å². The highest BCUT2D eigenvalue weighted by Crippen LogP contribution is 2.30. The molecule has 0 aliphatic carbocycles. The summed E-state index contributed by atoms with van der Waals surface area (Å²) in [5.41, 5.74) is 0.749. The number of nitrogens with zero attached hydrogens (tertiary/aromatic N) is 2. The van der Waals surface area contributed by atoms with Crippen molar-refractivity contribution in [3.05, 3.63) is 53.1 Å². The van der Waals surface area contributed by atoms with Gasteiger partial charge in [0.15, 0.2) is 0 Å². The van der Waals surface area contributed by atoms with Gasteiger partial charge in [-0.3, -0.25) is 9.52 Å². The first-order valence-corrected chi connectivity index (χ1v) is 14.7. The zero-order valence-corrected chi connectivity index (χ0v) is 24.4. The molecule has 0 saturated heterocycles. The first-order valence-electron chi connectivity index (χ1n) is 12.8. The number of carbonyl (C=O) groups is 2. The first-order chi connectivity index (χ1) is 18.3. The van der Waals surface area contributed by atoms with Crippen LogP contribution >= 0.6 is 11.6 Å². The maximum atomic E-state index is 13.4. The molecule has 3 atom stereocenters. The van der Waals surface area contributed by atoms with E-state index in [9.17, 15) is 23.1 Å². The fourth-order valence-corrected chi connectivity index (χ4v) is 5.42. The van der Waals surface area contributed by atoms with Gasteiger partial charge in [0.1, 0.15) is 11.9 Å². The molecule has 0 radical (unpaired) electrons. The molecular weight excluding hydrogens is 544 g/mol. The molecule has 0 spiro atoms. The Morgan fingerprint density at radius 2 is 1.87 bits per heavy atom. The lowest BCUT2D eigenvalue weighted by molar-refractivity contribution is -0.134. The van der Waals surface area contributed by atoms with Crippen LogP contribution in [0.2, 0.25) is 5.02 Å². The van der Waals surface area contributed by atoms with E-state index in [4.69, 9.17) is 16.3 Å². The number of fused-ring (bicyclic) bond motifs is 1. The van der Waals surface area contributed by atoms with Gasteiger partial charge in [-0.1, -0.05) is 18.5 Å². The van der Waals surface area contributed by atoms with Gasteiger partial charge in [0.2, 0.25) is 5.91 Å². The lowest BCUT2D eigenvalue weighted by Gasteiger charge is -2.34. The molecule has 2 aromatic rings. The highest BCUT2D eigenvalue weighted by atomic mass is 35.5. The third-order valence-electron chi connectivity index (χ3n) is 6.51. The molecule has 2 aromatic carbocycles. The third-order valence-corrected chi connectivity index (χ3v) is 8.15. The molecule has 0 bridgehead atoms. The molecule has 3 N–H and O–H groups in total. The monoisotopic (exact) mass is 580 g/mol. The highest BCUT2D eigenvalue weighted by molar-refractivity contribution is 7.92. The van der Waals surface area contributed by atoms with E-state index in [-0.39, 0.29) is 54.1 Å². The Morgan fingerprint density at radius 1 is 1.21 bits per heavy atom. The zero-order chi connectivity index (χ0) is 28.9. The highest BCUT2D eigenvalue weighted by Gasteiger charge is 2.32. The predicted molar refractivity (Wildman–Crippen MR) is 151 cm³/mol. The minimum atomic E-state index is -3.91. The van der Waals surface area contributed by atoms with Gasteiger partial charge in [0.05, 0.1) is 30.5 Å². The number of halogens is 1. The van der Waals surface area contributed by atoms with Crippen molar-refractivity contribution in [1.82, 2.24) is 15.1 Å². The number of anilines is 1. The SMILES string of the molecule is CC(C)NC(=O)N(C)C[C@@H]1Oc2ccc(NS(=O)(=O)c3ccc(Cl)cc3)cc2CC(=O)N([C@@H](C)CO)C[C@@H]1C. The third kappa shape index (κ3) is 8.00. The molecule has 39 heavy (non-hydrogen) atoms. The standard InChI is InChI=1S/C27H37ClN4O6S/c1-17(2)29-27(35)31(5)15-25-18(3)14-32(19(4)16-33)26(34)13-20-12-22(8-11-24(20)38-25)30-39(36,37)23-9-6-21(28)7-10-23/h6-12,17-19,25,30,33H,13-16H2,1-5H3,(H,29,35)/t18-,19-,25-/m0/s1. The second-order valence-corrected chi connectivity index (χ2v) is 12.4. The van der Waals surface area contributed by atoms with Crippen LogP contribution in [-0.4, -0.2) is 80.2 Å². The summed E-state index contributed by atoms with van der Waals surface area (Å²) in [6.07, 6.45) is -0.540. The summed E-state index contributed by atoms with van der Waals surface area (Å²) >= 11 is 5.89. The summed E-state index contributed by atoms with van der Waals surface area (Å²) in [5, 5.41) is 13.1. The molecular formula is C27H37ClN4O6S. The average molecular weight is 581 g/mol. The van der Waals surface area contributed by atoms with E-state index in [1.165, 1.54) is 29.2 Å². The number of sulfonamides is 1. The van der Waals surface area contributed by atoms with Gasteiger partial charge in [0, 0.05) is 41.8 Å². The normalized spacial score (nSPS) is 18.8. The topological polar surface area (TPSA) is 128 Å². The summed E-state index contributed by atoms with van der Waals surface area (Å²) < 4.78 is 34.8. The number of likely N-dealkylation sites (N-methyl/N-ethyl adjacent to an activating group) is 1. The number of hydrogen-bond acceptors (Lipinski definition) is 6. The van der Waals surface area contributed by atoms with Gasteiger partial charge in [-0.15, -0.1) is 0 Å². The van der Waals surface area contributed by atoms with Crippen molar-refractivity contribution in [2.75, 3.05) is 31.5 Å². The summed E-state index contributed by atoms with van der Waals surface area (Å²) in [4.78, 5) is 29.1. The van der Waals surface area contributed by atoms with Crippen LogP contribution in [0.4, 0.5) is 10.5 Å². The van der Waals surface area contributed by atoms with E-state index in [1.54, 1.807) is 37.1 Å². The van der Waals surface area contributed by atoms with Gasteiger partial charge in [0.25, 0.3) is 10.0 Å². The van der Waals surface area contributed by atoms with E-state index in [0.29, 0.717) is 22.9 Å². The maximum Gasteiger partial charge on any atom is 0.317 e. The van der Waals surface area contributed by atoms with Crippen molar-refractivity contribution in [3.63, 3.8) is 0 Å². The van der Waals surface area contributed by atoms with Crippen LogP contribution in [0.1, 0.15) is 33.3 Å². The second-order valence-electron chi connectivity index (χ2n) is 10.3. The van der Waals surface area contributed by atoms with E-state index in [1.807, 2.05) is 20.8 Å². The lowest BCUT2D eigenvalue weighted by atomic mass is 10.0. The summed E-state index contributed by atoms with van der Waals surface area (Å²) in [6, 6.07) is 9.84. The lowest BCUT2D eigenvalue weighted by Crippen LogP contribution is -2.49. The molecule has 0 aromatic heterocycles.